The van der Waals surface area contributed by atoms with E-state index in [4.69, 9.17) is 4.74 Å². The number of benzene rings is 2. The Morgan fingerprint density at radius 1 is 0.970 bits per heavy atom. The number of nitrogens with zero attached hydrogens (tertiary/aromatic N) is 4. The summed E-state index contributed by atoms with van der Waals surface area (Å²) in [6.45, 7) is 0.606. The topological polar surface area (TPSA) is 87.0 Å². The van der Waals surface area contributed by atoms with E-state index in [9.17, 15) is 18.4 Å². The van der Waals surface area contributed by atoms with Gasteiger partial charge in [-0.3, -0.25) is 9.59 Å². The van der Waals surface area contributed by atoms with Crippen molar-refractivity contribution in [2.45, 2.75) is 12.5 Å². The van der Waals surface area contributed by atoms with Gasteiger partial charge in [0.1, 0.15) is 24.6 Å². The Balaban J connectivity index is 1.65. The minimum atomic E-state index is -0.731. The van der Waals surface area contributed by atoms with Gasteiger partial charge in [-0.05, 0) is 34.9 Å². The first-order valence-corrected chi connectivity index (χ1v) is 9.97. The fourth-order valence-electron chi connectivity index (χ4n) is 3.51. The molecule has 7 nitrogen and oxygen atoms in total. The van der Waals surface area contributed by atoms with Gasteiger partial charge < -0.3 is 4.74 Å². The van der Waals surface area contributed by atoms with Gasteiger partial charge in [0.05, 0.1) is 12.2 Å². The smallest absolute Gasteiger partial charge is 0.293 e. The Hall–Kier alpha value is -4.27. The number of hydrogen-bond donors (Lipinski definition) is 0. The van der Waals surface area contributed by atoms with Crippen LogP contribution in [0.1, 0.15) is 22.6 Å². The molecule has 0 aliphatic carbocycles. The molecule has 0 amide bonds. The summed E-state index contributed by atoms with van der Waals surface area (Å²) in [5.41, 5.74) is 2.49. The Morgan fingerprint density at radius 3 is 2.45 bits per heavy atom. The van der Waals surface area contributed by atoms with E-state index < -0.39 is 11.6 Å². The van der Waals surface area contributed by atoms with E-state index in [0.29, 0.717) is 6.47 Å². The number of hydrogen-bond acceptors (Lipinski definition) is 6. The molecule has 1 unspecified atom stereocenters. The van der Waals surface area contributed by atoms with Crippen molar-refractivity contribution in [3.05, 3.63) is 112 Å². The Kier molecular flexibility index (Phi) is 6.58. The molecule has 0 aliphatic rings. The molecule has 2 aromatic carbocycles. The van der Waals surface area contributed by atoms with Crippen LogP contribution in [-0.2, 0) is 16.1 Å². The number of carbonyl (C=O) groups excluding carboxylic acids is 1. The second-order valence-corrected chi connectivity index (χ2v) is 7.27. The summed E-state index contributed by atoms with van der Waals surface area (Å²) >= 11 is 0. The van der Waals surface area contributed by atoms with Gasteiger partial charge in [-0.2, -0.15) is 5.10 Å². The van der Waals surface area contributed by atoms with Gasteiger partial charge in [0, 0.05) is 36.0 Å². The highest BCUT2D eigenvalue weighted by molar-refractivity contribution is 5.58. The highest BCUT2D eigenvalue weighted by atomic mass is 19.1. The summed E-state index contributed by atoms with van der Waals surface area (Å²) in [5, 5.41) is 4.28. The third kappa shape index (κ3) is 5.32. The largest absolute Gasteiger partial charge is 0.467 e. The lowest BCUT2D eigenvalue weighted by molar-refractivity contribution is -0.128. The predicted octanol–water partition coefficient (Wildman–Crippen LogP) is 3.33. The van der Waals surface area contributed by atoms with E-state index >= 15 is 0 Å². The molecule has 0 radical (unpaired) electrons. The number of halogens is 2. The molecule has 0 fully saturated rings. The van der Waals surface area contributed by atoms with E-state index in [1.165, 1.54) is 23.1 Å². The number of ether oxygens (including phenoxy) is 1. The zero-order valence-electron chi connectivity index (χ0n) is 17.3. The van der Waals surface area contributed by atoms with E-state index in [-0.39, 0.29) is 35.9 Å². The third-order valence-corrected chi connectivity index (χ3v) is 5.02. The molecule has 0 N–H and O–H groups in total. The fraction of sp³-hybridized carbons (Fsp3) is 0.125. The van der Waals surface area contributed by atoms with E-state index in [2.05, 4.69) is 15.1 Å². The molecular weight excluding hydrogens is 430 g/mol. The molecule has 2 aromatic heterocycles. The number of carbonyl (C=O) groups is 1. The average molecular weight is 448 g/mol. The van der Waals surface area contributed by atoms with Crippen molar-refractivity contribution in [2.75, 3.05) is 6.61 Å². The first-order chi connectivity index (χ1) is 16.0. The lowest BCUT2D eigenvalue weighted by Gasteiger charge is -2.17. The third-order valence-electron chi connectivity index (χ3n) is 5.02. The van der Waals surface area contributed by atoms with Crippen LogP contribution >= 0.6 is 0 Å². The van der Waals surface area contributed by atoms with Crippen molar-refractivity contribution in [2.24, 2.45) is 0 Å². The van der Waals surface area contributed by atoms with Gasteiger partial charge in [0.15, 0.2) is 0 Å². The minimum absolute atomic E-state index is 0.0964. The van der Waals surface area contributed by atoms with Crippen LogP contribution in [0, 0.1) is 11.6 Å². The maximum absolute atomic E-state index is 13.6. The van der Waals surface area contributed by atoms with Gasteiger partial charge in [-0.15, -0.1) is 0 Å². The van der Waals surface area contributed by atoms with Gasteiger partial charge in [0.25, 0.3) is 12.0 Å². The van der Waals surface area contributed by atoms with E-state index in [1.54, 1.807) is 12.4 Å². The first kappa shape index (κ1) is 21.9. The van der Waals surface area contributed by atoms with Crippen molar-refractivity contribution in [3.63, 3.8) is 0 Å². The van der Waals surface area contributed by atoms with Crippen molar-refractivity contribution < 1.29 is 18.3 Å². The summed E-state index contributed by atoms with van der Waals surface area (Å²) in [5.74, 6) is -1.76. The highest BCUT2D eigenvalue weighted by Crippen LogP contribution is 2.25. The maximum Gasteiger partial charge on any atom is 0.293 e. The van der Waals surface area contributed by atoms with Crippen LogP contribution in [0.4, 0.5) is 8.78 Å². The summed E-state index contributed by atoms with van der Waals surface area (Å²) in [7, 11) is 0. The molecule has 2 heterocycles. The van der Waals surface area contributed by atoms with Crippen LogP contribution in [0.2, 0.25) is 0 Å². The van der Waals surface area contributed by atoms with E-state index in [0.717, 1.165) is 34.9 Å². The maximum atomic E-state index is 13.6. The molecule has 0 saturated heterocycles. The molecular formula is C24H18F2N4O3. The van der Waals surface area contributed by atoms with Crippen molar-refractivity contribution >= 4 is 6.47 Å². The summed E-state index contributed by atoms with van der Waals surface area (Å²) in [6.07, 6.45) is 4.70. The second-order valence-electron chi connectivity index (χ2n) is 7.27. The van der Waals surface area contributed by atoms with Crippen LogP contribution < -0.4 is 5.56 Å². The van der Waals surface area contributed by atoms with Crippen molar-refractivity contribution in [1.29, 1.82) is 0 Å². The molecule has 4 aromatic rings. The summed E-state index contributed by atoms with van der Waals surface area (Å²) in [6, 6.07) is 13.2. The summed E-state index contributed by atoms with van der Waals surface area (Å²) in [4.78, 5) is 31.2. The fourth-order valence-corrected chi connectivity index (χ4v) is 3.51. The predicted molar refractivity (Wildman–Crippen MR) is 115 cm³/mol. The standard InChI is InChI=1S/C24H18F2N4O3/c25-20-7-18(8-21(26)9-20)23-4-5-24(32)30(29-23)12-16-2-1-3-17(6-16)22(13-33-15-31)19-10-27-14-28-11-19/h1-11,14-15,22H,12-13H2. The highest BCUT2D eigenvalue weighted by Gasteiger charge is 2.17. The molecule has 33 heavy (non-hydrogen) atoms. The molecule has 0 saturated carbocycles. The van der Waals surface area contributed by atoms with Gasteiger partial charge in [-0.25, -0.2) is 23.4 Å². The molecule has 0 bridgehead atoms. The minimum Gasteiger partial charge on any atom is -0.467 e. The van der Waals surface area contributed by atoms with Gasteiger partial charge >= 0.3 is 0 Å². The van der Waals surface area contributed by atoms with Crippen LogP contribution in [0.25, 0.3) is 11.3 Å². The first-order valence-electron chi connectivity index (χ1n) is 9.97. The average Bonchev–Trinajstić information content (AvgIpc) is 2.81. The zero-order chi connectivity index (χ0) is 23.2. The van der Waals surface area contributed by atoms with Crippen LogP contribution in [0.15, 0.2) is 78.1 Å². The number of rotatable bonds is 8. The Morgan fingerprint density at radius 2 is 1.73 bits per heavy atom. The molecule has 0 spiro atoms. The monoisotopic (exact) mass is 448 g/mol. The number of aromatic nitrogens is 4. The van der Waals surface area contributed by atoms with Crippen LogP contribution in [0.3, 0.4) is 0 Å². The van der Waals surface area contributed by atoms with Crippen LogP contribution in [0.5, 0.6) is 0 Å². The van der Waals surface area contributed by atoms with Gasteiger partial charge in [-0.1, -0.05) is 24.3 Å². The zero-order valence-corrected chi connectivity index (χ0v) is 17.3. The van der Waals surface area contributed by atoms with E-state index in [1.807, 2.05) is 24.3 Å². The lowest BCUT2D eigenvalue weighted by Crippen LogP contribution is -2.23. The quantitative estimate of drug-likeness (QED) is 0.385. The Labute approximate surface area is 187 Å². The molecule has 4 rings (SSSR count). The van der Waals surface area contributed by atoms with Crippen molar-refractivity contribution in [3.8, 4) is 11.3 Å². The molecule has 166 valence electrons. The Bertz CT molecular complexity index is 1310. The lowest BCUT2D eigenvalue weighted by atomic mass is 9.93. The molecule has 9 heteroatoms. The van der Waals surface area contributed by atoms with Gasteiger partial charge in [0.2, 0.25) is 0 Å². The normalized spacial score (nSPS) is 11.7. The van der Waals surface area contributed by atoms with Crippen LogP contribution in [-0.4, -0.2) is 32.8 Å². The second kappa shape index (κ2) is 9.90. The summed E-state index contributed by atoms with van der Waals surface area (Å²) < 4.78 is 33.4. The molecule has 1 atom stereocenters. The van der Waals surface area contributed by atoms with Crippen molar-refractivity contribution in [1.82, 2.24) is 19.7 Å². The SMILES string of the molecule is O=COCC(c1cncnc1)c1cccc(Cn2nc(-c3cc(F)cc(F)c3)ccc2=O)c1. The molecule has 0 aliphatic heterocycles.